The summed E-state index contributed by atoms with van der Waals surface area (Å²) >= 11 is 5.88. The minimum Gasteiger partial charge on any atom is -0.376 e. The van der Waals surface area contributed by atoms with Crippen LogP contribution in [0.5, 0.6) is 0 Å². The van der Waals surface area contributed by atoms with Gasteiger partial charge in [-0.15, -0.1) is 0 Å². The van der Waals surface area contributed by atoms with Crippen LogP contribution < -0.4 is 10.6 Å². The van der Waals surface area contributed by atoms with E-state index in [1.807, 2.05) is 6.92 Å². The van der Waals surface area contributed by atoms with E-state index < -0.39 is 0 Å². The van der Waals surface area contributed by atoms with Crippen molar-refractivity contribution in [1.82, 2.24) is 10.6 Å². The number of hydrogen-bond donors (Lipinski definition) is 2. The van der Waals surface area contributed by atoms with Gasteiger partial charge >= 0.3 is 0 Å². The van der Waals surface area contributed by atoms with E-state index in [0.29, 0.717) is 29.8 Å². The Hall–Kier alpha value is -1.10. The number of rotatable bonds is 5. The molecule has 1 aromatic rings. The van der Waals surface area contributed by atoms with Crippen molar-refractivity contribution < 1.29 is 9.53 Å². The molecule has 0 spiro atoms. The van der Waals surface area contributed by atoms with Crippen LogP contribution in [0.4, 0.5) is 0 Å². The standard InChI is InChI=1S/C15H21ClN2O2/c1-11-10-12(16)2-3-14(11)15(19)18-8-9-20-13-4-6-17-7-5-13/h2-3,10,13,17H,4-9H2,1H3,(H,18,19). The highest BCUT2D eigenvalue weighted by molar-refractivity contribution is 6.30. The average Bonchev–Trinajstić information content (AvgIpc) is 2.44. The highest BCUT2D eigenvalue weighted by atomic mass is 35.5. The lowest BCUT2D eigenvalue weighted by Crippen LogP contribution is -2.34. The summed E-state index contributed by atoms with van der Waals surface area (Å²) in [4.78, 5) is 12.0. The molecular weight excluding hydrogens is 276 g/mol. The molecule has 5 heteroatoms. The molecular formula is C15H21ClN2O2. The van der Waals surface area contributed by atoms with Gasteiger partial charge in [0.1, 0.15) is 0 Å². The van der Waals surface area contributed by atoms with Gasteiger partial charge in [0.05, 0.1) is 12.7 Å². The normalized spacial score (nSPS) is 16.1. The summed E-state index contributed by atoms with van der Waals surface area (Å²) in [7, 11) is 0. The lowest BCUT2D eigenvalue weighted by Gasteiger charge is -2.23. The van der Waals surface area contributed by atoms with E-state index in [-0.39, 0.29) is 5.91 Å². The third-order valence-electron chi connectivity index (χ3n) is 3.46. The molecule has 0 unspecified atom stereocenters. The maximum absolute atomic E-state index is 12.0. The van der Waals surface area contributed by atoms with Gasteiger partial charge in [-0.3, -0.25) is 4.79 Å². The maximum Gasteiger partial charge on any atom is 0.251 e. The smallest absolute Gasteiger partial charge is 0.251 e. The van der Waals surface area contributed by atoms with Gasteiger partial charge in [0, 0.05) is 17.1 Å². The van der Waals surface area contributed by atoms with E-state index in [9.17, 15) is 4.79 Å². The second-order valence-corrected chi connectivity index (χ2v) is 5.47. The number of carbonyl (C=O) groups excluding carboxylic acids is 1. The number of halogens is 1. The van der Waals surface area contributed by atoms with Gasteiger partial charge in [0.25, 0.3) is 5.91 Å². The van der Waals surface area contributed by atoms with Crippen LogP contribution in [-0.4, -0.2) is 38.3 Å². The molecule has 20 heavy (non-hydrogen) atoms. The molecule has 0 saturated carbocycles. The Morgan fingerprint density at radius 3 is 2.90 bits per heavy atom. The summed E-state index contributed by atoms with van der Waals surface area (Å²) in [6.07, 6.45) is 2.42. The van der Waals surface area contributed by atoms with Crippen molar-refractivity contribution >= 4 is 17.5 Å². The van der Waals surface area contributed by atoms with Crippen LogP contribution >= 0.6 is 11.6 Å². The molecule has 1 heterocycles. The van der Waals surface area contributed by atoms with Crippen molar-refractivity contribution in [2.45, 2.75) is 25.9 Å². The quantitative estimate of drug-likeness (QED) is 0.819. The number of nitrogens with one attached hydrogen (secondary N) is 2. The maximum atomic E-state index is 12.0. The van der Waals surface area contributed by atoms with Crippen LogP contribution in [0.2, 0.25) is 5.02 Å². The molecule has 2 N–H and O–H groups in total. The van der Waals surface area contributed by atoms with Crippen LogP contribution in [-0.2, 0) is 4.74 Å². The van der Waals surface area contributed by atoms with Crippen LogP contribution in [0.25, 0.3) is 0 Å². The number of benzene rings is 1. The topological polar surface area (TPSA) is 50.4 Å². The molecule has 1 aliphatic heterocycles. The Morgan fingerprint density at radius 2 is 2.20 bits per heavy atom. The Kier molecular flexibility index (Phi) is 5.83. The van der Waals surface area contributed by atoms with Gasteiger partial charge in [-0.2, -0.15) is 0 Å². The van der Waals surface area contributed by atoms with Gasteiger partial charge in [0.15, 0.2) is 0 Å². The Labute approximate surface area is 124 Å². The number of piperidine rings is 1. The first-order valence-corrected chi connectivity index (χ1v) is 7.41. The molecule has 1 saturated heterocycles. The van der Waals surface area contributed by atoms with E-state index in [2.05, 4.69) is 10.6 Å². The highest BCUT2D eigenvalue weighted by Crippen LogP contribution is 2.15. The zero-order chi connectivity index (χ0) is 14.4. The Morgan fingerprint density at radius 1 is 1.45 bits per heavy atom. The van der Waals surface area contributed by atoms with Gasteiger partial charge in [0.2, 0.25) is 0 Å². The summed E-state index contributed by atoms with van der Waals surface area (Å²) < 4.78 is 5.74. The highest BCUT2D eigenvalue weighted by Gasteiger charge is 2.13. The van der Waals surface area contributed by atoms with Crippen LogP contribution in [0.1, 0.15) is 28.8 Å². The summed E-state index contributed by atoms with van der Waals surface area (Å²) in [6, 6.07) is 5.28. The monoisotopic (exact) mass is 296 g/mol. The number of hydrogen-bond acceptors (Lipinski definition) is 3. The first-order valence-electron chi connectivity index (χ1n) is 7.03. The minimum absolute atomic E-state index is 0.0759. The third-order valence-corrected chi connectivity index (χ3v) is 3.70. The number of ether oxygens (including phenoxy) is 1. The molecule has 2 rings (SSSR count). The lowest BCUT2D eigenvalue weighted by atomic mass is 10.1. The van der Waals surface area contributed by atoms with Crippen molar-refractivity contribution in [3.05, 3.63) is 34.3 Å². The van der Waals surface area contributed by atoms with Crippen LogP contribution in [0.15, 0.2) is 18.2 Å². The fourth-order valence-corrected chi connectivity index (χ4v) is 2.56. The molecule has 4 nitrogen and oxygen atoms in total. The van der Waals surface area contributed by atoms with Gasteiger partial charge < -0.3 is 15.4 Å². The van der Waals surface area contributed by atoms with Crippen LogP contribution in [0.3, 0.4) is 0 Å². The van der Waals surface area contributed by atoms with E-state index >= 15 is 0 Å². The SMILES string of the molecule is Cc1cc(Cl)ccc1C(=O)NCCOC1CCNCC1. The number of carbonyl (C=O) groups is 1. The summed E-state index contributed by atoms with van der Waals surface area (Å²) in [6.45, 7) is 5.00. The number of aryl methyl sites for hydroxylation is 1. The molecule has 1 fully saturated rings. The van der Waals surface area contributed by atoms with E-state index in [4.69, 9.17) is 16.3 Å². The summed E-state index contributed by atoms with van der Waals surface area (Å²) in [5.74, 6) is -0.0759. The molecule has 110 valence electrons. The largest absolute Gasteiger partial charge is 0.376 e. The zero-order valence-corrected chi connectivity index (χ0v) is 12.5. The van der Waals surface area contributed by atoms with E-state index in [1.165, 1.54) is 0 Å². The van der Waals surface area contributed by atoms with E-state index in [0.717, 1.165) is 31.5 Å². The molecule has 0 aromatic heterocycles. The molecule has 0 atom stereocenters. The van der Waals surface area contributed by atoms with Crippen molar-refractivity contribution in [3.8, 4) is 0 Å². The second kappa shape index (κ2) is 7.62. The minimum atomic E-state index is -0.0759. The second-order valence-electron chi connectivity index (χ2n) is 5.04. The fourth-order valence-electron chi connectivity index (χ4n) is 2.33. The third kappa shape index (κ3) is 4.47. The van der Waals surface area contributed by atoms with Crippen molar-refractivity contribution in [3.63, 3.8) is 0 Å². The van der Waals surface area contributed by atoms with Crippen molar-refractivity contribution in [2.24, 2.45) is 0 Å². The molecule has 0 bridgehead atoms. The Bertz CT molecular complexity index is 459. The van der Waals surface area contributed by atoms with Crippen molar-refractivity contribution in [2.75, 3.05) is 26.2 Å². The van der Waals surface area contributed by atoms with Crippen molar-refractivity contribution in [1.29, 1.82) is 0 Å². The molecule has 0 aliphatic carbocycles. The van der Waals surface area contributed by atoms with Gasteiger partial charge in [-0.05, 0) is 56.6 Å². The molecule has 1 amide bonds. The summed E-state index contributed by atoms with van der Waals surface area (Å²) in [5.41, 5.74) is 1.55. The first kappa shape index (κ1) is 15.3. The van der Waals surface area contributed by atoms with Gasteiger partial charge in [-0.25, -0.2) is 0 Å². The molecule has 1 aromatic carbocycles. The van der Waals surface area contributed by atoms with Gasteiger partial charge in [-0.1, -0.05) is 11.6 Å². The lowest BCUT2D eigenvalue weighted by molar-refractivity contribution is 0.0343. The molecule has 0 radical (unpaired) electrons. The Balaban J connectivity index is 1.72. The number of amides is 1. The fraction of sp³-hybridized carbons (Fsp3) is 0.533. The predicted molar refractivity (Wildman–Crippen MR) is 80.4 cm³/mol. The first-order chi connectivity index (χ1) is 9.66. The zero-order valence-electron chi connectivity index (χ0n) is 11.7. The van der Waals surface area contributed by atoms with Crippen LogP contribution in [0, 0.1) is 6.92 Å². The molecule has 1 aliphatic rings. The average molecular weight is 297 g/mol. The predicted octanol–water partition coefficient (Wildman–Crippen LogP) is 2.15. The van der Waals surface area contributed by atoms with E-state index in [1.54, 1.807) is 18.2 Å². The summed E-state index contributed by atoms with van der Waals surface area (Å²) in [5, 5.41) is 6.82.